The van der Waals surface area contributed by atoms with Crippen molar-refractivity contribution in [2.24, 2.45) is 5.73 Å². The highest BCUT2D eigenvalue weighted by molar-refractivity contribution is 5.70. The molecule has 28 heavy (non-hydrogen) atoms. The van der Waals surface area contributed by atoms with Gasteiger partial charge in [-0.25, -0.2) is 9.50 Å². The van der Waals surface area contributed by atoms with Crippen LogP contribution in [0.15, 0.2) is 42.7 Å². The molecule has 0 radical (unpaired) electrons. The van der Waals surface area contributed by atoms with Crippen LogP contribution in [-0.4, -0.2) is 40.3 Å². The molecule has 1 saturated carbocycles. The first-order valence-corrected chi connectivity index (χ1v) is 9.94. The second-order valence-corrected chi connectivity index (χ2v) is 7.42. The Morgan fingerprint density at radius 1 is 1.18 bits per heavy atom. The highest BCUT2D eigenvalue weighted by atomic mass is 16.5. The fourth-order valence-electron chi connectivity index (χ4n) is 3.72. The van der Waals surface area contributed by atoms with E-state index in [0.717, 1.165) is 61.6 Å². The second kappa shape index (κ2) is 8.48. The van der Waals surface area contributed by atoms with Crippen molar-refractivity contribution in [1.29, 1.82) is 0 Å². The van der Waals surface area contributed by atoms with Crippen LogP contribution in [0, 0.1) is 0 Å². The maximum absolute atomic E-state index is 6.02. The first-order chi connectivity index (χ1) is 13.7. The summed E-state index contributed by atoms with van der Waals surface area (Å²) >= 11 is 0. The molecule has 0 spiro atoms. The molecule has 7 nitrogen and oxygen atoms in total. The van der Waals surface area contributed by atoms with E-state index in [1.807, 2.05) is 22.8 Å². The molecule has 4 rings (SSSR count). The van der Waals surface area contributed by atoms with Crippen LogP contribution in [0.25, 0.3) is 5.65 Å². The second-order valence-electron chi connectivity index (χ2n) is 7.42. The van der Waals surface area contributed by atoms with Gasteiger partial charge >= 0.3 is 0 Å². The van der Waals surface area contributed by atoms with Gasteiger partial charge in [0, 0.05) is 37.1 Å². The number of nitrogens with zero attached hydrogens (tertiary/aromatic N) is 3. The number of benzene rings is 1. The largest absolute Gasteiger partial charge is 0.497 e. The topological polar surface area (TPSA) is 89.5 Å². The highest BCUT2D eigenvalue weighted by Crippen LogP contribution is 2.23. The minimum atomic E-state index is 0.345. The zero-order valence-electron chi connectivity index (χ0n) is 16.3. The predicted molar refractivity (Wildman–Crippen MR) is 112 cm³/mol. The molecule has 1 fully saturated rings. The van der Waals surface area contributed by atoms with Crippen molar-refractivity contribution in [1.82, 2.24) is 14.6 Å². The standard InChI is InChI=1S/C21H28N6O/c1-28-18-8-2-15(3-9-18)10-11-23-19-14-20(26-27-13-12-24-21(19)27)25-17-6-4-16(22)5-7-17/h2-3,8-9,12-14,16-17,23H,4-7,10-11,22H2,1H3,(H,25,26). The molecule has 0 bridgehead atoms. The van der Waals surface area contributed by atoms with Gasteiger partial charge in [0.05, 0.1) is 12.8 Å². The van der Waals surface area contributed by atoms with E-state index < -0.39 is 0 Å². The summed E-state index contributed by atoms with van der Waals surface area (Å²) in [6.45, 7) is 0.816. The number of hydrogen-bond donors (Lipinski definition) is 3. The zero-order chi connectivity index (χ0) is 19.3. The van der Waals surface area contributed by atoms with Gasteiger partial charge in [-0.3, -0.25) is 0 Å². The molecule has 7 heteroatoms. The number of hydrogen-bond acceptors (Lipinski definition) is 6. The van der Waals surface area contributed by atoms with Gasteiger partial charge in [0.1, 0.15) is 11.6 Å². The van der Waals surface area contributed by atoms with Gasteiger partial charge in [0.2, 0.25) is 0 Å². The molecule has 1 aliphatic rings. The summed E-state index contributed by atoms with van der Waals surface area (Å²) in [5.74, 6) is 1.75. The minimum Gasteiger partial charge on any atom is -0.497 e. The Balaban J connectivity index is 1.42. The van der Waals surface area contributed by atoms with Crippen LogP contribution in [0.5, 0.6) is 5.75 Å². The molecule has 0 saturated heterocycles. The van der Waals surface area contributed by atoms with Crippen molar-refractivity contribution in [2.75, 3.05) is 24.3 Å². The lowest BCUT2D eigenvalue weighted by Crippen LogP contribution is -2.33. The number of aromatic nitrogens is 3. The Labute approximate surface area is 165 Å². The van der Waals surface area contributed by atoms with Crippen molar-refractivity contribution in [3.63, 3.8) is 0 Å². The van der Waals surface area contributed by atoms with E-state index in [1.165, 1.54) is 5.56 Å². The number of rotatable bonds is 7. The van der Waals surface area contributed by atoms with Crippen molar-refractivity contribution >= 4 is 17.2 Å². The van der Waals surface area contributed by atoms with Crippen LogP contribution in [-0.2, 0) is 6.42 Å². The van der Waals surface area contributed by atoms with Gasteiger partial charge in [0.25, 0.3) is 0 Å². The van der Waals surface area contributed by atoms with Gasteiger partial charge in [0.15, 0.2) is 5.65 Å². The summed E-state index contributed by atoms with van der Waals surface area (Å²) < 4.78 is 7.04. The Kier molecular flexibility index (Phi) is 5.62. The molecule has 0 atom stereocenters. The normalized spacial score (nSPS) is 19.5. The number of methoxy groups -OCH3 is 1. The Morgan fingerprint density at radius 3 is 2.71 bits per heavy atom. The third-order valence-electron chi connectivity index (χ3n) is 5.37. The molecule has 1 aromatic carbocycles. The van der Waals surface area contributed by atoms with Gasteiger partial charge < -0.3 is 21.1 Å². The van der Waals surface area contributed by atoms with Gasteiger partial charge in [-0.1, -0.05) is 12.1 Å². The van der Waals surface area contributed by atoms with Crippen molar-refractivity contribution in [2.45, 2.75) is 44.2 Å². The summed E-state index contributed by atoms with van der Waals surface area (Å²) in [6, 6.07) is 11.0. The van der Waals surface area contributed by atoms with Gasteiger partial charge in [-0.05, 0) is 49.8 Å². The van der Waals surface area contributed by atoms with Crippen LogP contribution >= 0.6 is 0 Å². The average molecular weight is 380 g/mol. The fourth-order valence-corrected chi connectivity index (χ4v) is 3.72. The van der Waals surface area contributed by atoms with E-state index in [4.69, 9.17) is 10.5 Å². The Bertz CT molecular complexity index is 899. The lowest BCUT2D eigenvalue weighted by Gasteiger charge is -2.27. The molecule has 0 unspecified atom stereocenters. The number of ether oxygens (including phenoxy) is 1. The highest BCUT2D eigenvalue weighted by Gasteiger charge is 2.19. The van der Waals surface area contributed by atoms with Gasteiger partial charge in [-0.15, -0.1) is 5.10 Å². The first kappa shape index (κ1) is 18.6. The predicted octanol–water partition coefficient (Wildman–Crippen LogP) is 3.07. The Hall–Kier alpha value is -2.80. The van der Waals surface area contributed by atoms with Crippen LogP contribution in [0.3, 0.4) is 0 Å². The average Bonchev–Trinajstić information content (AvgIpc) is 3.19. The third-order valence-corrected chi connectivity index (χ3v) is 5.37. The van der Waals surface area contributed by atoms with E-state index in [0.29, 0.717) is 12.1 Å². The lowest BCUT2D eigenvalue weighted by molar-refractivity contribution is 0.410. The van der Waals surface area contributed by atoms with Crippen LogP contribution < -0.4 is 21.1 Å². The molecule has 2 aromatic heterocycles. The number of nitrogens with one attached hydrogen (secondary N) is 2. The van der Waals surface area contributed by atoms with Crippen molar-refractivity contribution < 1.29 is 4.74 Å². The molecule has 148 valence electrons. The van der Waals surface area contributed by atoms with E-state index >= 15 is 0 Å². The van der Waals surface area contributed by atoms with E-state index in [9.17, 15) is 0 Å². The van der Waals surface area contributed by atoms with Crippen LogP contribution in [0.4, 0.5) is 11.5 Å². The summed E-state index contributed by atoms with van der Waals surface area (Å²) in [4.78, 5) is 4.44. The molecule has 3 aromatic rings. The molecule has 4 N–H and O–H groups in total. The summed E-state index contributed by atoms with van der Waals surface area (Å²) in [6.07, 6.45) is 8.89. The smallest absolute Gasteiger partial charge is 0.177 e. The maximum atomic E-state index is 6.02. The minimum absolute atomic E-state index is 0.345. The SMILES string of the molecule is COc1ccc(CCNc2cc(NC3CCC(N)CC3)nn3ccnc23)cc1. The van der Waals surface area contributed by atoms with E-state index in [1.54, 1.807) is 13.3 Å². The fraction of sp³-hybridized carbons (Fsp3) is 0.429. The molecular formula is C21H28N6O. The number of nitrogens with two attached hydrogens (primary N) is 1. The summed E-state index contributed by atoms with van der Waals surface area (Å²) in [5, 5.41) is 11.7. The number of fused-ring (bicyclic) bond motifs is 1. The van der Waals surface area contributed by atoms with Crippen molar-refractivity contribution in [3.05, 3.63) is 48.3 Å². The summed E-state index contributed by atoms with van der Waals surface area (Å²) in [7, 11) is 1.68. The van der Waals surface area contributed by atoms with E-state index in [-0.39, 0.29) is 0 Å². The molecule has 2 heterocycles. The molecule has 1 aliphatic carbocycles. The maximum Gasteiger partial charge on any atom is 0.177 e. The molecule has 0 aliphatic heterocycles. The van der Waals surface area contributed by atoms with Crippen LogP contribution in [0.1, 0.15) is 31.2 Å². The molecule has 0 amide bonds. The zero-order valence-corrected chi connectivity index (χ0v) is 16.3. The van der Waals surface area contributed by atoms with Gasteiger partial charge in [-0.2, -0.15) is 0 Å². The van der Waals surface area contributed by atoms with Crippen molar-refractivity contribution in [3.8, 4) is 5.75 Å². The quantitative estimate of drug-likeness (QED) is 0.584. The first-order valence-electron chi connectivity index (χ1n) is 9.94. The lowest BCUT2D eigenvalue weighted by atomic mass is 9.92. The Morgan fingerprint density at radius 2 is 1.96 bits per heavy atom. The number of anilines is 2. The van der Waals surface area contributed by atoms with Crippen LogP contribution in [0.2, 0.25) is 0 Å². The number of imidazole rings is 1. The summed E-state index contributed by atoms with van der Waals surface area (Å²) in [5.41, 5.74) is 9.11. The molecular weight excluding hydrogens is 352 g/mol. The van der Waals surface area contributed by atoms with E-state index in [2.05, 4.69) is 38.9 Å². The third kappa shape index (κ3) is 4.36. The monoisotopic (exact) mass is 380 g/mol.